The van der Waals surface area contributed by atoms with Gasteiger partial charge in [0.05, 0.1) is 5.56 Å². The Morgan fingerprint density at radius 2 is 2.11 bits per heavy atom. The highest BCUT2D eigenvalue weighted by Crippen LogP contribution is 2.20. The Morgan fingerprint density at radius 3 is 2.67 bits per heavy atom. The Hall–Kier alpha value is -2.64. The molecule has 3 N–H and O–H groups in total. The first-order chi connectivity index (χ1) is 8.41. The van der Waals surface area contributed by atoms with Crippen molar-refractivity contribution >= 4 is 17.6 Å². The first-order valence-electron chi connectivity index (χ1n) is 4.87. The number of carbonyl (C=O) groups excluding carboxylic acids is 1. The molecule has 0 atom stereocenters. The molecule has 0 bridgehead atoms. The number of para-hydroxylation sites is 1. The van der Waals surface area contributed by atoms with Crippen LogP contribution in [0.5, 0.6) is 0 Å². The molecule has 0 aliphatic rings. The van der Waals surface area contributed by atoms with Gasteiger partial charge in [-0.15, -0.1) is 10.1 Å². The minimum absolute atomic E-state index is 0.00870. The number of hydrogen-bond donors (Lipinski definition) is 2. The van der Waals surface area contributed by atoms with Crippen molar-refractivity contribution in [2.45, 2.75) is 12.8 Å². The Labute approximate surface area is 101 Å². The first kappa shape index (κ1) is 13.4. The molecule has 8 nitrogen and oxygen atoms in total. The number of carbonyl (C=O) groups is 2. The molecule has 0 unspecified atom stereocenters. The van der Waals surface area contributed by atoms with Gasteiger partial charge in [-0.05, 0) is 18.1 Å². The minimum Gasteiger partial charge on any atom is -0.481 e. The van der Waals surface area contributed by atoms with Crippen LogP contribution in [-0.4, -0.2) is 22.1 Å². The van der Waals surface area contributed by atoms with Crippen molar-refractivity contribution in [3.8, 4) is 0 Å². The lowest BCUT2D eigenvalue weighted by Gasteiger charge is -2.08. The summed E-state index contributed by atoms with van der Waals surface area (Å²) in [5, 5.41) is 17.3. The molecule has 0 spiro atoms. The average molecular weight is 254 g/mol. The standard InChI is InChI=1S/C10H10N2O6/c11-9-6(4-5-8(13)14)2-1-3-7(9)10(15)18-12(16)17/h1-3H,4-5,11H2,(H,13,14). The van der Waals surface area contributed by atoms with Crippen LogP contribution >= 0.6 is 0 Å². The number of nitrogens with two attached hydrogens (primary N) is 1. The summed E-state index contributed by atoms with van der Waals surface area (Å²) in [7, 11) is 0. The van der Waals surface area contributed by atoms with Gasteiger partial charge in [0.2, 0.25) is 0 Å². The van der Waals surface area contributed by atoms with Gasteiger partial charge in [-0.2, -0.15) is 0 Å². The summed E-state index contributed by atoms with van der Waals surface area (Å²) in [6, 6.07) is 4.26. The number of benzene rings is 1. The monoisotopic (exact) mass is 254 g/mol. The number of rotatable bonds is 5. The summed E-state index contributed by atoms with van der Waals surface area (Å²) in [5.74, 6) is -2.19. The summed E-state index contributed by atoms with van der Waals surface area (Å²) in [4.78, 5) is 35.6. The maximum absolute atomic E-state index is 11.3. The molecule has 0 saturated carbocycles. The van der Waals surface area contributed by atoms with E-state index in [-0.39, 0.29) is 24.1 Å². The molecule has 0 heterocycles. The topological polar surface area (TPSA) is 133 Å². The maximum atomic E-state index is 11.3. The average Bonchev–Trinajstić information content (AvgIpc) is 2.26. The highest BCUT2D eigenvalue weighted by atomic mass is 17.0. The fourth-order valence-electron chi connectivity index (χ4n) is 1.37. The van der Waals surface area contributed by atoms with Crippen molar-refractivity contribution in [3.63, 3.8) is 0 Å². The van der Waals surface area contributed by atoms with Gasteiger partial charge in [0.1, 0.15) is 0 Å². The molecular weight excluding hydrogens is 244 g/mol. The lowest BCUT2D eigenvalue weighted by molar-refractivity contribution is -0.727. The molecule has 1 rings (SSSR count). The van der Waals surface area contributed by atoms with Crippen molar-refractivity contribution in [2.24, 2.45) is 0 Å². The summed E-state index contributed by atoms with van der Waals surface area (Å²) in [6.45, 7) is 0. The molecule has 0 fully saturated rings. The zero-order valence-corrected chi connectivity index (χ0v) is 9.16. The summed E-state index contributed by atoms with van der Waals surface area (Å²) in [6.07, 6.45) is -0.0291. The molecular formula is C10H10N2O6. The predicted octanol–water partition coefficient (Wildman–Crippen LogP) is 0.635. The van der Waals surface area contributed by atoms with Gasteiger partial charge in [-0.25, -0.2) is 4.84 Å². The second-order valence-electron chi connectivity index (χ2n) is 3.37. The number of nitrogen functional groups attached to an aromatic ring is 1. The lowest BCUT2D eigenvalue weighted by Crippen LogP contribution is -2.13. The van der Waals surface area contributed by atoms with Crippen molar-refractivity contribution in [1.29, 1.82) is 0 Å². The van der Waals surface area contributed by atoms with Crippen molar-refractivity contribution in [2.75, 3.05) is 5.73 Å². The normalized spacial score (nSPS) is 9.78. The molecule has 1 aromatic rings. The van der Waals surface area contributed by atoms with E-state index in [2.05, 4.69) is 4.84 Å². The van der Waals surface area contributed by atoms with Crippen LogP contribution in [0.4, 0.5) is 5.69 Å². The van der Waals surface area contributed by atoms with E-state index >= 15 is 0 Å². The molecule has 8 heteroatoms. The van der Waals surface area contributed by atoms with Gasteiger partial charge in [-0.1, -0.05) is 12.1 Å². The lowest BCUT2D eigenvalue weighted by atomic mass is 10.0. The maximum Gasteiger partial charge on any atom is 0.336 e. The number of nitrogens with zero attached hydrogens (tertiary/aromatic N) is 1. The third kappa shape index (κ3) is 3.44. The highest BCUT2D eigenvalue weighted by Gasteiger charge is 2.16. The second kappa shape index (κ2) is 5.62. The zero-order valence-electron chi connectivity index (χ0n) is 9.16. The van der Waals surface area contributed by atoms with E-state index in [1.807, 2.05) is 0 Å². The molecule has 0 amide bonds. The summed E-state index contributed by atoms with van der Waals surface area (Å²) < 4.78 is 0. The van der Waals surface area contributed by atoms with Gasteiger partial charge < -0.3 is 10.8 Å². The highest BCUT2D eigenvalue weighted by molar-refractivity contribution is 5.95. The molecule has 0 saturated heterocycles. The quantitative estimate of drug-likeness (QED) is 0.447. The van der Waals surface area contributed by atoms with E-state index in [1.54, 1.807) is 6.07 Å². The van der Waals surface area contributed by atoms with Gasteiger partial charge in [0.15, 0.2) is 0 Å². The van der Waals surface area contributed by atoms with Crippen molar-refractivity contribution < 1.29 is 24.6 Å². The van der Waals surface area contributed by atoms with E-state index in [1.165, 1.54) is 12.1 Å². The predicted molar refractivity (Wildman–Crippen MR) is 59.2 cm³/mol. The van der Waals surface area contributed by atoms with E-state index in [0.717, 1.165) is 0 Å². The molecule has 0 aromatic heterocycles. The SMILES string of the molecule is Nc1c(CCC(=O)O)cccc1C(=O)O[N+](=O)[O-]. The largest absolute Gasteiger partial charge is 0.481 e. The Kier molecular flexibility index (Phi) is 4.19. The number of carboxylic acids is 1. The minimum atomic E-state index is -1.23. The van der Waals surface area contributed by atoms with Crippen LogP contribution in [0.2, 0.25) is 0 Å². The summed E-state index contributed by atoms with van der Waals surface area (Å²) >= 11 is 0. The Morgan fingerprint density at radius 1 is 1.44 bits per heavy atom. The smallest absolute Gasteiger partial charge is 0.336 e. The van der Waals surface area contributed by atoms with Crippen LogP contribution in [0.15, 0.2) is 18.2 Å². The van der Waals surface area contributed by atoms with Crippen LogP contribution in [0, 0.1) is 10.1 Å². The molecule has 96 valence electrons. The van der Waals surface area contributed by atoms with E-state index < -0.39 is 17.0 Å². The molecule has 0 aliphatic carbocycles. The number of carboxylic acid groups (broad SMARTS) is 1. The third-order valence-electron chi connectivity index (χ3n) is 2.18. The number of aliphatic carboxylic acids is 1. The van der Waals surface area contributed by atoms with Crippen LogP contribution in [0.25, 0.3) is 0 Å². The number of anilines is 1. The van der Waals surface area contributed by atoms with Gasteiger partial charge >= 0.3 is 17.0 Å². The Bertz CT molecular complexity index is 499. The van der Waals surface area contributed by atoms with Crippen LogP contribution in [-0.2, 0) is 16.1 Å². The molecule has 1 aromatic carbocycles. The van der Waals surface area contributed by atoms with Crippen LogP contribution in [0.1, 0.15) is 22.3 Å². The van der Waals surface area contributed by atoms with E-state index in [4.69, 9.17) is 10.8 Å². The van der Waals surface area contributed by atoms with Crippen molar-refractivity contribution in [3.05, 3.63) is 39.4 Å². The van der Waals surface area contributed by atoms with Crippen molar-refractivity contribution in [1.82, 2.24) is 0 Å². The Balaban J connectivity index is 2.94. The van der Waals surface area contributed by atoms with Crippen LogP contribution in [0.3, 0.4) is 0 Å². The fraction of sp³-hybridized carbons (Fsp3) is 0.200. The number of aryl methyl sites for hydroxylation is 1. The molecule has 18 heavy (non-hydrogen) atoms. The van der Waals surface area contributed by atoms with E-state index in [0.29, 0.717) is 5.56 Å². The molecule has 0 aliphatic heterocycles. The second-order valence-corrected chi connectivity index (χ2v) is 3.37. The fourth-order valence-corrected chi connectivity index (χ4v) is 1.37. The third-order valence-corrected chi connectivity index (χ3v) is 2.18. The van der Waals surface area contributed by atoms with Gasteiger partial charge in [-0.3, -0.25) is 9.59 Å². The zero-order chi connectivity index (χ0) is 13.7. The first-order valence-corrected chi connectivity index (χ1v) is 4.87. The van der Waals surface area contributed by atoms with Crippen LogP contribution < -0.4 is 5.73 Å². The van der Waals surface area contributed by atoms with Gasteiger partial charge in [0, 0.05) is 12.1 Å². The summed E-state index contributed by atoms with van der Waals surface area (Å²) in [5.41, 5.74) is 5.89. The molecule has 0 radical (unpaired) electrons. The van der Waals surface area contributed by atoms with Gasteiger partial charge in [0.25, 0.3) is 0 Å². The number of hydrogen-bond acceptors (Lipinski definition) is 6. The van der Waals surface area contributed by atoms with E-state index in [9.17, 15) is 19.7 Å².